The van der Waals surface area contributed by atoms with Crippen molar-refractivity contribution < 1.29 is 9.53 Å². The van der Waals surface area contributed by atoms with Crippen LogP contribution in [-0.4, -0.2) is 31.1 Å². The fourth-order valence-electron chi connectivity index (χ4n) is 2.17. The van der Waals surface area contributed by atoms with Crippen LogP contribution >= 0.6 is 0 Å². The molecule has 0 aromatic heterocycles. The summed E-state index contributed by atoms with van der Waals surface area (Å²) in [5.41, 5.74) is 9.57. The zero-order valence-corrected chi connectivity index (χ0v) is 10.6. The van der Waals surface area contributed by atoms with Crippen LogP contribution < -0.4 is 15.9 Å². The molecule has 0 aliphatic carbocycles. The second kappa shape index (κ2) is 5.73. The molecule has 2 rings (SSSR count). The van der Waals surface area contributed by atoms with Crippen molar-refractivity contribution >= 4 is 11.6 Å². The van der Waals surface area contributed by atoms with Crippen molar-refractivity contribution in [1.82, 2.24) is 10.4 Å². The van der Waals surface area contributed by atoms with Crippen LogP contribution in [0.25, 0.3) is 0 Å². The normalized spacial score (nSPS) is 16.3. The number of rotatable bonds is 3. The van der Waals surface area contributed by atoms with E-state index in [2.05, 4.69) is 5.43 Å². The van der Waals surface area contributed by atoms with Gasteiger partial charge in [0, 0.05) is 18.8 Å². The smallest absolute Gasteiger partial charge is 0.271 e. The number of hydrazine groups is 1. The highest BCUT2D eigenvalue weighted by atomic mass is 16.5. The van der Waals surface area contributed by atoms with Gasteiger partial charge >= 0.3 is 0 Å². The van der Waals surface area contributed by atoms with E-state index >= 15 is 0 Å². The molecule has 0 saturated carbocycles. The van der Waals surface area contributed by atoms with E-state index < -0.39 is 0 Å². The van der Waals surface area contributed by atoms with Gasteiger partial charge in [-0.3, -0.25) is 10.2 Å². The molecule has 1 amide bonds. The van der Waals surface area contributed by atoms with Gasteiger partial charge in [0.05, 0.1) is 7.11 Å². The third-order valence-corrected chi connectivity index (χ3v) is 3.12. The summed E-state index contributed by atoms with van der Waals surface area (Å²) >= 11 is 0. The topological polar surface area (TPSA) is 67.6 Å². The number of benzene rings is 1. The number of hydrogen-bond donors (Lipinski definition) is 2. The molecule has 1 aliphatic rings. The highest BCUT2D eigenvalue weighted by Gasteiger charge is 2.19. The van der Waals surface area contributed by atoms with Crippen molar-refractivity contribution in [1.29, 1.82) is 0 Å². The molecule has 0 spiro atoms. The monoisotopic (exact) mass is 249 g/mol. The van der Waals surface area contributed by atoms with Crippen LogP contribution in [-0.2, 0) is 0 Å². The zero-order valence-electron chi connectivity index (χ0n) is 10.6. The maximum atomic E-state index is 12.2. The fourth-order valence-corrected chi connectivity index (χ4v) is 2.17. The minimum atomic E-state index is -0.202. The highest BCUT2D eigenvalue weighted by Crippen LogP contribution is 2.24. The Balaban J connectivity index is 2.12. The average molecular weight is 249 g/mol. The van der Waals surface area contributed by atoms with Gasteiger partial charge in [0.15, 0.2) is 0 Å². The molecule has 98 valence electrons. The lowest BCUT2D eigenvalue weighted by molar-refractivity contribution is 0.0748. The van der Waals surface area contributed by atoms with Crippen LogP contribution in [0.4, 0.5) is 5.69 Å². The third-order valence-electron chi connectivity index (χ3n) is 3.12. The molecule has 3 N–H and O–H groups in total. The first-order valence-electron chi connectivity index (χ1n) is 6.21. The Morgan fingerprint density at radius 2 is 2.06 bits per heavy atom. The second-order valence-corrected chi connectivity index (χ2v) is 4.41. The number of carbonyl (C=O) groups is 1. The Morgan fingerprint density at radius 1 is 1.33 bits per heavy atom. The number of nitrogens with two attached hydrogens (primary N) is 1. The summed E-state index contributed by atoms with van der Waals surface area (Å²) in [7, 11) is 1.53. The van der Waals surface area contributed by atoms with Crippen molar-refractivity contribution in [2.45, 2.75) is 19.3 Å². The van der Waals surface area contributed by atoms with Crippen molar-refractivity contribution in [3.8, 4) is 5.75 Å². The minimum absolute atomic E-state index is 0.202. The van der Waals surface area contributed by atoms with Gasteiger partial charge in [-0.2, -0.15) is 0 Å². The maximum absolute atomic E-state index is 12.2. The summed E-state index contributed by atoms with van der Waals surface area (Å²) in [6.07, 6.45) is 3.45. The second-order valence-electron chi connectivity index (χ2n) is 4.41. The summed E-state index contributed by atoms with van der Waals surface area (Å²) in [4.78, 5) is 12.2. The molecule has 1 aromatic rings. The Hall–Kier alpha value is -1.75. The van der Waals surface area contributed by atoms with Crippen molar-refractivity contribution in [2.75, 3.05) is 25.9 Å². The van der Waals surface area contributed by atoms with Gasteiger partial charge in [-0.05, 0) is 25.0 Å². The largest absolute Gasteiger partial charge is 0.496 e. The maximum Gasteiger partial charge on any atom is 0.271 e. The van der Waals surface area contributed by atoms with Crippen molar-refractivity contribution in [2.24, 2.45) is 0 Å². The molecule has 1 saturated heterocycles. The lowest BCUT2D eigenvalue weighted by Gasteiger charge is -2.27. The van der Waals surface area contributed by atoms with E-state index in [0.29, 0.717) is 17.0 Å². The number of ether oxygens (including phenoxy) is 1. The van der Waals surface area contributed by atoms with Gasteiger partial charge in [-0.25, -0.2) is 5.01 Å². The van der Waals surface area contributed by atoms with Gasteiger partial charge in [-0.1, -0.05) is 12.5 Å². The zero-order chi connectivity index (χ0) is 13.0. The molecule has 18 heavy (non-hydrogen) atoms. The molecule has 0 atom stereocenters. The predicted molar refractivity (Wildman–Crippen MR) is 70.3 cm³/mol. The van der Waals surface area contributed by atoms with Crippen LogP contribution in [0.5, 0.6) is 5.75 Å². The number of methoxy groups -OCH3 is 1. The molecule has 1 heterocycles. The number of hydrogen-bond acceptors (Lipinski definition) is 4. The predicted octanol–water partition coefficient (Wildman–Crippen LogP) is 1.41. The summed E-state index contributed by atoms with van der Waals surface area (Å²) in [6, 6.07) is 5.21. The van der Waals surface area contributed by atoms with Crippen molar-refractivity contribution in [3.05, 3.63) is 23.8 Å². The van der Waals surface area contributed by atoms with E-state index in [1.165, 1.54) is 13.5 Å². The van der Waals surface area contributed by atoms with E-state index in [9.17, 15) is 4.79 Å². The number of carbonyl (C=O) groups excluding carboxylic acids is 1. The number of amides is 1. The molecular weight excluding hydrogens is 230 g/mol. The van der Waals surface area contributed by atoms with E-state index in [1.807, 2.05) is 5.01 Å². The summed E-state index contributed by atoms with van der Waals surface area (Å²) in [6.45, 7) is 1.78. The van der Waals surface area contributed by atoms with Gasteiger partial charge in [0.1, 0.15) is 11.3 Å². The number of nitrogen functional groups attached to an aromatic ring is 1. The Labute approximate surface area is 107 Å². The number of nitrogens with one attached hydrogen (secondary N) is 1. The quantitative estimate of drug-likeness (QED) is 0.795. The molecular formula is C13H19N3O2. The number of piperidine rings is 1. The van der Waals surface area contributed by atoms with Crippen LogP contribution in [0.3, 0.4) is 0 Å². The fraction of sp³-hybridized carbons (Fsp3) is 0.462. The van der Waals surface area contributed by atoms with Gasteiger partial charge in [-0.15, -0.1) is 0 Å². The standard InChI is InChI=1S/C13H19N3O2/c1-18-11-7-5-6-10(14)12(11)13(17)15-16-8-3-2-4-9-16/h5-7H,2-4,8-9,14H2,1H3,(H,15,17). The van der Waals surface area contributed by atoms with E-state index in [0.717, 1.165) is 25.9 Å². The third kappa shape index (κ3) is 2.73. The highest BCUT2D eigenvalue weighted by molar-refractivity contribution is 6.01. The molecule has 5 heteroatoms. The summed E-state index contributed by atoms with van der Waals surface area (Å²) in [5, 5.41) is 1.94. The van der Waals surface area contributed by atoms with E-state index in [-0.39, 0.29) is 5.91 Å². The molecule has 0 unspecified atom stereocenters. The van der Waals surface area contributed by atoms with Crippen LogP contribution in [0, 0.1) is 0 Å². The summed E-state index contributed by atoms with van der Waals surface area (Å²) in [5.74, 6) is 0.302. The van der Waals surface area contributed by atoms with Gasteiger partial charge in [0.25, 0.3) is 5.91 Å². The number of anilines is 1. The van der Waals surface area contributed by atoms with Gasteiger partial charge < -0.3 is 10.5 Å². The first kappa shape index (κ1) is 12.7. The number of nitrogens with zero attached hydrogens (tertiary/aromatic N) is 1. The Kier molecular flexibility index (Phi) is 4.04. The van der Waals surface area contributed by atoms with E-state index in [4.69, 9.17) is 10.5 Å². The molecule has 0 radical (unpaired) electrons. The van der Waals surface area contributed by atoms with Crippen LogP contribution in [0.1, 0.15) is 29.6 Å². The molecule has 1 aliphatic heterocycles. The van der Waals surface area contributed by atoms with Crippen molar-refractivity contribution in [3.63, 3.8) is 0 Å². The molecule has 0 bridgehead atoms. The first-order chi connectivity index (χ1) is 8.72. The molecule has 1 fully saturated rings. The average Bonchev–Trinajstić information content (AvgIpc) is 2.39. The molecule has 1 aromatic carbocycles. The Bertz CT molecular complexity index is 428. The van der Waals surface area contributed by atoms with Crippen LogP contribution in [0.15, 0.2) is 18.2 Å². The molecule has 5 nitrogen and oxygen atoms in total. The van der Waals surface area contributed by atoms with Gasteiger partial charge in [0.2, 0.25) is 0 Å². The van der Waals surface area contributed by atoms with Crippen LogP contribution in [0.2, 0.25) is 0 Å². The lowest BCUT2D eigenvalue weighted by atomic mass is 10.1. The Morgan fingerprint density at radius 3 is 2.72 bits per heavy atom. The SMILES string of the molecule is COc1cccc(N)c1C(=O)NN1CCCCC1. The van der Waals surface area contributed by atoms with E-state index in [1.54, 1.807) is 18.2 Å². The minimum Gasteiger partial charge on any atom is -0.496 e. The first-order valence-corrected chi connectivity index (χ1v) is 6.21. The lowest BCUT2D eigenvalue weighted by Crippen LogP contribution is -2.45. The summed E-state index contributed by atoms with van der Waals surface area (Å²) < 4.78 is 5.18.